The molecular formula is C16H22ClN3O4. The molecule has 0 saturated heterocycles. The highest BCUT2D eigenvalue weighted by Gasteiger charge is 2.28. The van der Waals surface area contributed by atoms with Crippen molar-refractivity contribution in [3.63, 3.8) is 0 Å². The fourth-order valence-corrected chi connectivity index (χ4v) is 2.78. The van der Waals surface area contributed by atoms with Crippen LogP contribution in [0.2, 0.25) is 0 Å². The molecule has 0 unspecified atom stereocenters. The van der Waals surface area contributed by atoms with Crippen LogP contribution in [0.3, 0.4) is 0 Å². The molecule has 0 spiro atoms. The second-order valence-electron chi connectivity index (χ2n) is 5.73. The Balaban J connectivity index is 0.00000288. The zero-order valence-electron chi connectivity index (χ0n) is 13.2. The van der Waals surface area contributed by atoms with Gasteiger partial charge < -0.3 is 20.9 Å². The lowest BCUT2D eigenvalue weighted by atomic mass is 9.82. The van der Waals surface area contributed by atoms with Crippen LogP contribution in [0.5, 0.6) is 5.75 Å². The minimum absolute atomic E-state index is 0. The number of para-hydroxylation sites is 1. The molecule has 0 bridgehead atoms. The summed E-state index contributed by atoms with van der Waals surface area (Å²) in [5.74, 6) is -1.29. The number of esters is 1. The summed E-state index contributed by atoms with van der Waals surface area (Å²) >= 11 is 0. The molecule has 1 fully saturated rings. The number of rotatable bonds is 5. The zero-order chi connectivity index (χ0) is 16.8. The normalized spacial score (nSPS) is 19.7. The molecule has 0 radical (unpaired) electrons. The van der Waals surface area contributed by atoms with E-state index in [-0.39, 0.29) is 41.6 Å². The number of aromatic carboxylic acids is 1. The first-order valence-electron chi connectivity index (χ1n) is 7.59. The molecule has 0 aromatic heterocycles. The summed E-state index contributed by atoms with van der Waals surface area (Å²) in [4.78, 5) is 23.4. The van der Waals surface area contributed by atoms with Gasteiger partial charge in [0, 0.05) is 6.54 Å². The predicted molar refractivity (Wildman–Crippen MR) is 91.6 cm³/mol. The highest BCUT2D eigenvalue weighted by Crippen LogP contribution is 2.30. The van der Waals surface area contributed by atoms with Crippen LogP contribution >= 0.6 is 12.4 Å². The third kappa shape index (κ3) is 5.42. The molecule has 0 atom stereocenters. The van der Waals surface area contributed by atoms with Gasteiger partial charge in [-0.3, -0.25) is 10.2 Å². The molecule has 132 valence electrons. The van der Waals surface area contributed by atoms with Crippen LogP contribution in [0.25, 0.3) is 0 Å². The van der Waals surface area contributed by atoms with Crippen molar-refractivity contribution in [1.29, 1.82) is 5.41 Å². The number of ether oxygens (including phenoxy) is 1. The lowest BCUT2D eigenvalue weighted by Gasteiger charge is -2.27. The van der Waals surface area contributed by atoms with E-state index in [4.69, 9.17) is 21.0 Å². The first kappa shape index (κ1) is 19.8. The number of nitrogens with one attached hydrogen (secondary N) is 2. The molecule has 1 aliphatic rings. The van der Waals surface area contributed by atoms with Crippen molar-refractivity contribution in [3.05, 3.63) is 29.8 Å². The molecule has 1 saturated carbocycles. The monoisotopic (exact) mass is 355 g/mol. The van der Waals surface area contributed by atoms with Crippen molar-refractivity contribution in [2.45, 2.75) is 25.7 Å². The topological polar surface area (TPSA) is 126 Å². The Kier molecular flexibility index (Phi) is 7.51. The number of carbonyl (C=O) groups is 2. The van der Waals surface area contributed by atoms with Gasteiger partial charge in [-0.05, 0) is 43.7 Å². The number of nitrogens with two attached hydrogens (primary N) is 1. The minimum Gasteiger partial charge on any atom is -0.478 e. The Bertz CT molecular complexity index is 601. The van der Waals surface area contributed by atoms with Crippen molar-refractivity contribution in [2.75, 3.05) is 6.54 Å². The van der Waals surface area contributed by atoms with E-state index in [9.17, 15) is 9.59 Å². The van der Waals surface area contributed by atoms with E-state index < -0.39 is 5.97 Å². The smallest absolute Gasteiger partial charge is 0.339 e. The number of carbonyl (C=O) groups excluding carboxylic acids is 1. The van der Waals surface area contributed by atoms with Crippen LogP contribution in [0.15, 0.2) is 24.3 Å². The summed E-state index contributed by atoms with van der Waals surface area (Å²) < 4.78 is 5.29. The molecule has 0 heterocycles. The number of benzene rings is 1. The first-order chi connectivity index (χ1) is 11.0. The number of hydrogen-bond donors (Lipinski definition) is 4. The van der Waals surface area contributed by atoms with Crippen LogP contribution in [0.1, 0.15) is 36.0 Å². The van der Waals surface area contributed by atoms with Gasteiger partial charge in [0.15, 0.2) is 5.96 Å². The summed E-state index contributed by atoms with van der Waals surface area (Å²) in [6.07, 6.45) is 3.08. The van der Waals surface area contributed by atoms with E-state index in [1.165, 1.54) is 12.1 Å². The SMILES string of the molecule is Cl.N=C(N)NC[C@H]1CC[C@H](C(=O)Oc2ccccc2C(=O)O)CC1. The van der Waals surface area contributed by atoms with Crippen molar-refractivity contribution in [3.8, 4) is 5.75 Å². The molecule has 1 aromatic rings. The molecule has 2 rings (SSSR count). The van der Waals surface area contributed by atoms with Crippen molar-refractivity contribution >= 4 is 30.3 Å². The van der Waals surface area contributed by atoms with Gasteiger partial charge in [-0.2, -0.15) is 0 Å². The average Bonchev–Trinajstić information content (AvgIpc) is 2.53. The van der Waals surface area contributed by atoms with Crippen molar-refractivity contribution < 1.29 is 19.4 Å². The molecule has 0 amide bonds. The maximum Gasteiger partial charge on any atom is 0.339 e. The number of guanidine groups is 1. The molecule has 1 aliphatic carbocycles. The van der Waals surface area contributed by atoms with Crippen LogP contribution < -0.4 is 15.8 Å². The summed E-state index contributed by atoms with van der Waals surface area (Å²) in [6.45, 7) is 0.638. The average molecular weight is 356 g/mol. The summed E-state index contributed by atoms with van der Waals surface area (Å²) in [6, 6.07) is 6.13. The van der Waals surface area contributed by atoms with Gasteiger partial charge in [-0.1, -0.05) is 12.1 Å². The molecule has 8 heteroatoms. The number of hydrogen-bond acceptors (Lipinski definition) is 4. The van der Waals surface area contributed by atoms with Gasteiger partial charge in [-0.25, -0.2) is 4.79 Å². The summed E-state index contributed by atoms with van der Waals surface area (Å²) in [7, 11) is 0. The van der Waals surface area contributed by atoms with Gasteiger partial charge in [0.1, 0.15) is 11.3 Å². The Morgan fingerprint density at radius 3 is 2.46 bits per heavy atom. The first-order valence-corrected chi connectivity index (χ1v) is 7.59. The molecule has 0 aliphatic heterocycles. The second-order valence-corrected chi connectivity index (χ2v) is 5.73. The Labute approximate surface area is 146 Å². The van der Waals surface area contributed by atoms with Gasteiger partial charge >= 0.3 is 11.9 Å². The second kappa shape index (κ2) is 9.12. The summed E-state index contributed by atoms with van der Waals surface area (Å²) in [5, 5.41) is 19.0. The van der Waals surface area contributed by atoms with Gasteiger partial charge in [0.05, 0.1) is 5.92 Å². The van der Waals surface area contributed by atoms with Gasteiger partial charge in [-0.15, -0.1) is 12.4 Å². The van der Waals surface area contributed by atoms with Crippen molar-refractivity contribution in [2.24, 2.45) is 17.6 Å². The zero-order valence-corrected chi connectivity index (χ0v) is 14.0. The van der Waals surface area contributed by atoms with E-state index in [0.717, 1.165) is 12.8 Å². The standard InChI is InChI=1S/C16H21N3O4.ClH/c17-16(18)19-9-10-5-7-11(8-6-10)15(22)23-13-4-2-1-3-12(13)14(20)21;/h1-4,10-11H,5-9H2,(H,20,21)(H4,17,18,19);1H/t10-,11-;. The molecular weight excluding hydrogens is 334 g/mol. The highest BCUT2D eigenvalue weighted by atomic mass is 35.5. The lowest BCUT2D eigenvalue weighted by Crippen LogP contribution is -2.36. The predicted octanol–water partition coefficient (Wildman–Crippen LogP) is 2.00. The van der Waals surface area contributed by atoms with Crippen LogP contribution in [-0.4, -0.2) is 29.5 Å². The third-order valence-electron chi connectivity index (χ3n) is 4.09. The Hall–Kier alpha value is -2.28. The van der Waals surface area contributed by atoms with E-state index in [1.807, 2.05) is 0 Å². The van der Waals surface area contributed by atoms with E-state index in [0.29, 0.717) is 25.3 Å². The van der Waals surface area contributed by atoms with Crippen LogP contribution in [-0.2, 0) is 4.79 Å². The fraction of sp³-hybridized carbons (Fsp3) is 0.438. The number of carboxylic acids is 1. The molecule has 1 aromatic carbocycles. The summed E-state index contributed by atoms with van der Waals surface area (Å²) in [5.41, 5.74) is 5.25. The highest BCUT2D eigenvalue weighted by molar-refractivity contribution is 5.92. The maximum atomic E-state index is 12.2. The van der Waals surface area contributed by atoms with E-state index in [2.05, 4.69) is 5.32 Å². The van der Waals surface area contributed by atoms with E-state index >= 15 is 0 Å². The molecule has 7 nitrogen and oxygen atoms in total. The molecule has 5 N–H and O–H groups in total. The van der Waals surface area contributed by atoms with Crippen LogP contribution in [0, 0.1) is 17.2 Å². The Morgan fingerprint density at radius 1 is 1.25 bits per heavy atom. The quantitative estimate of drug-likeness (QED) is 0.277. The number of carboxylic acid groups (broad SMARTS) is 1. The third-order valence-corrected chi connectivity index (χ3v) is 4.09. The lowest BCUT2D eigenvalue weighted by molar-refractivity contribution is -0.140. The van der Waals surface area contributed by atoms with Crippen molar-refractivity contribution in [1.82, 2.24) is 5.32 Å². The van der Waals surface area contributed by atoms with Gasteiger partial charge in [0.2, 0.25) is 0 Å². The van der Waals surface area contributed by atoms with E-state index in [1.54, 1.807) is 12.1 Å². The number of halogens is 1. The maximum absolute atomic E-state index is 12.2. The Morgan fingerprint density at radius 2 is 1.88 bits per heavy atom. The van der Waals surface area contributed by atoms with Gasteiger partial charge in [0.25, 0.3) is 0 Å². The largest absolute Gasteiger partial charge is 0.478 e. The van der Waals surface area contributed by atoms with Crippen LogP contribution in [0.4, 0.5) is 0 Å². The fourth-order valence-electron chi connectivity index (χ4n) is 2.78. The minimum atomic E-state index is -1.12. The molecule has 24 heavy (non-hydrogen) atoms.